The number of carbonyl (C=O) groups excluding carboxylic acids is 1. The van der Waals surface area contributed by atoms with E-state index in [1.165, 1.54) is 24.0 Å². The number of aryl methyl sites for hydroxylation is 2. The molecule has 0 atom stereocenters. The summed E-state index contributed by atoms with van der Waals surface area (Å²) in [5.74, 6) is -0.287. The van der Waals surface area contributed by atoms with Crippen molar-refractivity contribution < 1.29 is 9.21 Å². The van der Waals surface area contributed by atoms with Crippen molar-refractivity contribution in [1.29, 1.82) is 0 Å². The average molecular weight is 372 g/mol. The lowest BCUT2D eigenvalue weighted by molar-refractivity contribution is 0.0948. The smallest absolute Gasteiger partial charge is 0.335 e. The van der Waals surface area contributed by atoms with Crippen molar-refractivity contribution in [3.8, 4) is 11.3 Å². The summed E-state index contributed by atoms with van der Waals surface area (Å²) in [6.45, 7) is 4.52. The molecule has 2 aromatic heterocycles. The van der Waals surface area contributed by atoms with Gasteiger partial charge in [-0.2, -0.15) is 0 Å². The predicted octanol–water partition coefficient (Wildman–Crippen LogP) is 4.33. The van der Waals surface area contributed by atoms with Gasteiger partial charge in [0, 0.05) is 23.7 Å². The van der Waals surface area contributed by atoms with Gasteiger partial charge in [-0.25, -0.2) is 4.79 Å². The highest BCUT2D eigenvalue weighted by Crippen LogP contribution is 2.32. The first kappa shape index (κ1) is 17.8. The Kier molecular flexibility index (Phi) is 4.57. The molecule has 0 fully saturated rings. The van der Waals surface area contributed by atoms with Gasteiger partial charge in [-0.1, -0.05) is 42.0 Å². The molecule has 4 rings (SSSR count). The molecule has 0 spiro atoms. The molecule has 0 aliphatic heterocycles. The maximum Gasteiger partial charge on any atom is 0.335 e. The van der Waals surface area contributed by atoms with Crippen LogP contribution in [0.2, 0.25) is 0 Å². The van der Waals surface area contributed by atoms with Crippen molar-refractivity contribution in [2.75, 3.05) is 0 Å². The van der Waals surface area contributed by atoms with Crippen LogP contribution in [-0.2, 0) is 6.54 Å². The van der Waals surface area contributed by atoms with E-state index in [0.717, 1.165) is 33.3 Å². The van der Waals surface area contributed by atoms with Crippen LogP contribution in [0, 0.1) is 13.8 Å². The molecule has 140 valence electrons. The number of nitrogens with one attached hydrogen (secondary N) is 2. The maximum atomic E-state index is 12.4. The number of aromatic nitrogens is 1. The van der Waals surface area contributed by atoms with Crippen LogP contribution in [0.1, 0.15) is 27.0 Å². The van der Waals surface area contributed by atoms with E-state index >= 15 is 0 Å². The molecule has 2 N–H and O–H groups in total. The SMILES string of the molecule is Cc1cc(CNC(=O)c2ccc(=O)oc2)c2[nH]c(-c3ccccc3)c(C)c2c1. The van der Waals surface area contributed by atoms with Crippen LogP contribution in [-0.4, -0.2) is 10.9 Å². The zero-order chi connectivity index (χ0) is 19.7. The summed E-state index contributed by atoms with van der Waals surface area (Å²) in [5.41, 5.74) is 6.38. The maximum absolute atomic E-state index is 12.4. The summed E-state index contributed by atoms with van der Waals surface area (Å²) in [6.07, 6.45) is 1.18. The quantitative estimate of drug-likeness (QED) is 0.560. The molecule has 0 saturated carbocycles. The summed E-state index contributed by atoms with van der Waals surface area (Å²) in [6, 6.07) is 17.1. The zero-order valence-corrected chi connectivity index (χ0v) is 15.7. The van der Waals surface area contributed by atoms with Crippen molar-refractivity contribution in [3.63, 3.8) is 0 Å². The molecule has 4 aromatic rings. The molecule has 5 nitrogen and oxygen atoms in total. The van der Waals surface area contributed by atoms with Gasteiger partial charge in [-0.05, 0) is 42.7 Å². The van der Waals surface area contributed by atoms with E-state index in [-0.39, 0.29) is 5.91 Å². The number of H-pyrrole nitrogens is 1. The third kappa shape index (κ3) is 3.34. The Labute approximate surface area is 162 Å². The molecule has 5 heteroatoms. The van der Waals surface area contributed by atoms with E-state index in [0.29, 0.717) is 12.1 Å². The van der Waals surface area contributed by atoms with Crippen LogP contribution in [0.4, 0.5) is 0 Å². The lowest BCUT2D eigenvalue weighted by Crippen LogP contribution is -2.23. The van der Waals surface area contributed by atoms with Crippen molar-refractivity contribution >= 4 is 16.8 Å². The van der Waals surface area contributed by atoms with Crippen molar-refractivity contribution in [2.45, 2.75) is 20.4 Å². The van der Waals surface area contributed by atoms with E-state index < -0.39 is 5.63 Å². The Morgan fingerprint density at radius 1 is 1.07 bits per heavy atom. The molecule has 28 heavy (non-hydrogen) atoms. The molecular formula is C23H20N2O3. The molecule has 0 aliphatic rings. The second-order valence-electron chi connectivity index (χ2n) is 6.86. The summed E-state index contributed by atoms with van der Waals surface area (Å²) in [5, 5.41) is 4.05. The van der Waals surface area contributed by atoms with Crippen molar-refractivity contribution in [2.24, 2.45) is 0 Å². The molecule has 1 amide bonds. The van der Waals surface area contributed by atoms with Crippen LogP contribution in [0.3, 0.4) is 0 Å². The number of carbonyl (C=O) groups is 1. The van der Waals surface area contributed by atoms with Gasteiger partial charge < -0.3 is 14.7 Å². The van der Waals surface area contributed by atoms with E-state index in [1.807, 2.05) is 25.1 Å². The third-order valence-corrected chi connectivity index (χ3v) is 4.86. The number of fused-ring (bicyclic) bond motifs is 1. The fourth-order valence-corrected chi connectivity index (χ4v) is 3.46. The Morgan fingerprint density at radius 2 is 1.86 bits per heavy atom. The van der Waals surface area contributed by atoms with Crippen LogP contribution < -0.4 is 10.9 Å². The first-order valence-electron chi connectivity index (χ1n) is 9.07. The standard InChI is InChI=1S/C23H20N2O3/c1-14-10-18(12-24-23(27)17-8-9-20(26)28-13-17)22-19(11-14)15(2)21(25-22)16-6-4-3-5-7-16/h3-11,13,25H,12H2,1-2H3,(H,24,27). The van der Waals surface area contributed by atoms with Gasteiger partial charge in [0.25, 0.3) is 5.91 Å². The van der Waals surface area contributed by atoms with Gasteiger partial charge >= 0.3 is 5.63 Å². The molecule has 0 aliphatic carbocycles. The first-order valence-corrected chi connectivity index (χ1v) is 9.07. The van der Waals surface area contributed by atoms with E-state index in [2.05, 4.69) is 41.5 Å². The largest absolute Gasteiger partial charge is 0.430 e. The Morgan fingerprint density at radius 3 is 2.57 bits per heavy atom. The minimum atomic E-state index is -0.479. The molecule has 0 bridgehead atoms. The fourth-order valence-electron chi connectivity index (χ4n) is 3.46. The van der Waals surface area contributed by atoms with Gasteiger partial charge in [0.15, 0.2) is 0 Å². The number of benzene rings is 2. The molecule has 2 aromatic carbocycles. The first-order chi connectivity index (χ1) is 13.5. The van der Waals surface area contributed by atoms with Crippen LogP contribution in [0.5, 0.6) is 0 Å². The highest BCUT2D eigenvalue weighted by molar-refractivity contribution is 5.95. The number of rotatable bonds is 4. The lowest BCUT2D eigenvalue weighted by atomic mass is 10.0. The van der Waals surface area contributed by atoms with Crippen molar-refractivity contribution in [1.82, 2.24) is 10.3 Å². The normalized spacial score (nSPS) is 10.9. The Hall–Kier alpha value is -3.60. The summed E-state index contributed by atoms with van der Waals surface area (Å²) in [7, 11) is 0. The number of aromatic amines is 1. The topological polar surface area (TPSA) is 75.1 Å². The minimum Gasteiger partial charge on any atom is -0.430 e. The second-order valence-corrected chi connectivity index (χ2v) is 6.86. The monoisotopic (exact) mass is 372 g/mol. The molecule has 2 heterocycles. The van der Waals surface area contributed by atoms with Gasteiger partial charge in [-0.3, -0.25) is 4.79 Å². The molecule has 0 radical (unpaired) electrons. The van der Waals surface area contributed by atoms with Crippen LogP contribution in [0.25, 0.3) is 22.2 Å². The van der Waals surface area contributed by atoms with E-state index in [4.69, 9.17) is 4.42 Å². The molecule has 0 saturated heterocycles. The van der Waals surface area contributed by atoms with Gasteiger partial charge in [0.1, 0.15) is 6.26 Å². The highest BCUT2D eigenvalue weighted by atomic mass is 16.4. The highest BCUT2D eigenvalue weighted by Gasteiger charge is 2.14. The predicted molar refractivity (Wildman–Crippen MR) is 109 cm³/mol. The summed E-state index contributed by atoms with van der Waals surface area (Å²) < 4.78 is 4.77. The van der Waals surface area contributed by atoms with Crippen LogP contribution in [0.15, 0.2) is 70.1 Å². The number of amides is 1. The Balaban J connectivity index is 1.68. The fraction of sp³-hybridized carbons (Fsp3) is 0.130. The molecular weight excluding hydrogens is 352 g/mol. The van der Waals surface area contributed by atoms with Gasteiger partial charge in [-0.15, -0.1) is 0 Å². The summed E-state index contributed by atoms with van der Waals surface area (Å²) >= 11 is 0. The number of hydrogen-bond donors (Lipinski definition) is 2. The van der Waals surface area contributed by atoms with Crippen LogP contribution >= 0.6 is 0 Å². The third-order valence-electron chi connectivity index (χ3n) is 4.86. The van der Waals surface area contributed by atoms with E-state index in [1.54, 1.807) is 0 Å². The van der Waals surface area contributed by atoms with E-state index in [9.17, 15) is 9.59 Å². The van der Waals surface area contributed by atoms with Gasteiger partial charge in [0.2, 0.25) is 0 Å². The average Bonchev–Trinajstić information content (AvgIpc) is 3.04. The second kappa shape index (κ2) is 7.19. The zero-order valence-electron chi connectivity index (χ0n) is 15.7. The summed E-state index contributed by atoms with van der Waals surface area (Å²) in [4.78, 5) is 27.0. The van der Waals surface area contributed by atoms with Gasteiger partial charge in [0.05, 0.1) is 11.1 Å². The molecule has 0 unspecified atom stereocenters. The number of hydrogen-bond acceptors (Lipinski definition) is 3. The lowest BCUT2D eigenvalue weighted by Gasteiger charge is -2.08. The van der Waals surface area contributed by atoms with Crippen molar-refractivity contribution in [3.05, 3.63) is 93.5 Å². The Bertz CT molecular complexity index is 1200. The minimum absolute atomic E-state index is 0.287.